The first-order chi connectivity index (χ1) is 13.3. The molecule has 0 radical (unpaired) electrons. The molecule has 2 aliphatic heterocycles. The first-order valence-corrected chi connectivity index (χ1v) is 9.03. The summed E-state index contributed by atoms with van der Waals surface area (Å²) in [6.45, 7) is 0.452. The maximum absolute atomic E-state index is 14.8. The number of anilines is 1. The Bertz CT molecular complexity index is 935. The molecular formula is C19H15ClF4N2O2. The molecule has 1 fully saturated rings. The topological polar surface area (TPSA) is 41.6 Å². The molecule has 0 spiro atoms. The summed E-state index contributed by atoms with van der Waals surface area (Å²) in [7, 11) is 0. The molecule has 148 valence electrons. The molecule has 1 amide bonds. The number of piperidine rings is 1. The normalized spacial score (nSPS) is 21.0. The number of ether oxygens (including phenoxy) is 1. The number of carbonyl (C=O) groups is 1. The molecule has 2 atom stereocenters. The van der Waals surface area contributed by atoms with Gasteiger partial charge in [0, 0.05) is 11.6 Å². The number of hydrogen-bond acceptors (Lipinski definition) is 3. The van der Waals surface area contributed by atoms with Crippen LogP contribution in [0.4, 0.5) is 23.2 Å². The zero-order valence-electron chi connectivity index (χ0n) is 14.4. The molecule has 0 unspecified atom stereocenters. The number of carbonyl (C=O) groups excluding carboxylic acids is 1. The molecule has 2 aromatic carbocycles. The molecule has 4 nitrogen and oxygen atoms in total. The number of nitrogens with one attached hydrogen (secondary N) is 1. The number of amides is 1. The number of rotatable bonds is 1. The molecule has 2 aromatic rings. The van der Waals surface area contributed by atoms with Crippen molar-refractivity contribution in [3.05, 3.63) is 52.8 Å². The van der Waals surface area contributed by atoms with Crippen molar-refractivity contribution in [2.75, 3.05) is 11.4 Å². The van der Waals surface area contributed by atoms with Crippen LogP contribution in [0.5, 0.6) is 11.5 Å². The summed E-state index contributed by atoms with van der Waals surface area (Å²) < 4.78 is 59.2. The number of fused-ring (bicyclic) bond motifs is 5. The highest BCUT2D eigenvalue weighted by atomic mass is 35.5. The van der Waals surface area contributed by atoms with Crippen LogP contribution in [0.2, 0.25) is 5.02 Å². The Morgan fingerprint density at radius 3 is 2.75 bits per heavy atom. The van der Waals surface area contributed by atoms with Crippen LogP contribution in [0, 0.1) is 5.82 Å². The van der Waals surface area contributed by atoms with Gasteiger partial charge in [-0.05, 0) is 43.2 Å². The van der Waals surface area contributed by atoms with Crippen molar-refractivity contribution < 1.29 is 27.1 Å². The van der Waals surface area contributed by atoms with Gasteiger partial charge in [-0.3, -0.25) is 4.79 Å². The summed E-state index contributed by atoms with van der Waals surface area (Å²) in [4.78, 5) is 13.3. The SMILES string of the molecule is O=C(N[C@@H]1CCCN2c3cc(Cl)ccc3Oc3cccc(F)c3[C@@H]12)C(F)(F)F. The van der Waals surface area contributed by atoms with E-state index < -0.39 is 30.0 Å². The van der Waals surface area contributed by atoms with Crippen LogP contribution in [0.3, 0.4) is 0 Å². The highest BCUT2D eigenvalue weighted by Gasteiger charge is 2.45. The van der Waals surface area contributed by atoms with E-state index in [1.54, 1.807) is 29.2 Å². The van der Waals surface area contributed by atoms with Gasteiger partial charge >= 0.3 is 12.1 Å². The minimum Gasteiger partial charge on any atom is -0.455 e. The van der Waals surface area contributed by atoms with E-state index >= 15 is 0 Å². The molecule has 0 bridgehead atoms. The third kappa shape index (κ3) is 3.26. The van der Waals surface area contributed by atoms with Crippen LogP contribution in [0.1, 0.15) is 24.4 Å². The molecule has 1 N–H and O–H groups in total. The van der Waals surface area contributed by atoms with E-state index in [-0.39, 0.29) is 17.7 Å². The van der Waals surface area contributed by atoms with Crippen molar-refractivity contribution in [3.8, 4) is 11.5 Å². The summed E-state index contributed by atoms with van der Waals surface area (Å²) in [6.07, 6.45) is -4.25. The Hall–Kier alpha value is -2.48. The number of halogens is 5. The Morgan fingerprint density at radius 2 is 2.00 bits per heavy atom. The van der Waals surface area contributed by atoms with Gasteiger partial charge in [0.1, 0.15) is 11.6 Å². The molecule has 4 rings (SSSR count). The molecule has 2 heterocycles. The third-order valence-corrected chi connectivity index (χ3v) is 5.20. The van der Waals surface area contributed by atoms with Gasteiger partial charge in [0.25, 0.3) is 0 Å². The van der Waals surface area contributed by atoms with Crippen LogP contribution < -0.4 is 15.0 Å². The van der Waals surface area contributed by atoms with Crippen molar-refractivity contribution in [1.29, 1.82) is 0 Å². The Balaban J connectivity index is 1.85. The van der Waals surface area contributed by atoms with E-state index in [0.29, 0.717) is 29.4 Å². The second-order valence-electron chi connectivity index (χ2n) is 6.72. The zero-order chi connectivity index (χ0) is 20.1. The zero-order valence-corrected chi connectivity index (χ0v) is 15.1. The lowest BCUT2D eigenvalue weighted by Gasteiger charge is -2.42. The highest BCUT2D eigenvalue weighted by molar-refractivity contribution is 6.31. The third-order valence-electron chi connectivity index (χ3n) is 4.96. The molecule has 0 saturated carbocycles. The molecule has 2 aliphatic rings. The number of benzene rings is 2. The molecule has 0 aromatic heterocycles. The fourth-order valence-electron chi connectivity index (χ4n) is 3.84. The fraction of sp³-hybridized carbons (Fsp3) is 0.316. The van der Waals surface area contributed by atoms with E-state index in [2.05, 4.69) is 0 Å². The highest BCUT2D eigenvalue weighted by Crippen LogP contribution is 2.49. The molecule has 1 saturated heterocycles. The lowest BCUT2D eigenvalue weighted by Crippen LogP contribution is -2.53. The van der Waals surface area contributed by atoms with Crippen LogP contribution in [0.25, 0.3) is 0 Å². The van der Waals surface area contributed by atoms with Gasteiger partial charge in [-0.1, -0.05) is 17.7 Å². The monoisotopic (exact) mass is 414 g/mol. The lowest BCUT2D eigenvalue weighted by molar-refractivity contribution is -0.174. The van der Waals surface area contributed by atoms with E-state index in [1.165, 1.54) is 12.1 Å². The standard InChI is InChI=1S/C19H15ClF4N2O2/c20-10-6-7-14-13(9-10)26-8-2-4-12(25-18(27)19(22,23)24)17(26)16-11(21)3-1-5-15(16)28-14/h1,3,5-7,9,12,17H,2,4,8H2,(H,25,27)/t12-,17-/m1/s1. The summed E-state index contributed by atoms with van der Waals surface area (Å²) in [5, 5.41) is 2.45. The van der Waals surface area contributed by atoms with Crippen LogP contribution in [-0.2, 0) is 4.79 Å². The number of alkyl halides is 3. The Labute approximate surface area is 163 Å². The van der Waals surface area contributed by atoms with Gasteiger partial charge in [0.2, 0.25) is 0 Å². The lowest BCUT2D eigenvalue weighted by atomic mass is 9.89. The van der Waals surface area contributed by atoms with E-state index in [4.69, 9.17) is 16.3 Å². The predicted molar refractivity (Wildman–Crippen MR) is 95.2 cm³/mol. The molecule has 9 heteroatoms. The van der Waals surface area contributed by atoms with Gasteiger partial charge in [0.05, 0.1) is 23.3 Å². The molecule has 28 heavy (non-hydrogen) atoms. The van der Waals surface area contributed by atoms with Crippen molar-refractivity contribution in [3.63, 3.8) is 0 Å². The Kier molecular flexibility index (Phi) is 4.61. The first-order valence-electron chi connectivity index (χ1n) is 8.66. The molecular weight excluding hydrogens is 400 g/mol. The van der Waals surface area contributed by atoms with Gasteiger partial charge < -0.3 is 15.0 Å². The largest absolute Gasteiger partial charge is 0.471 e. The van der Waals surface area contributed by atoms with E-state index in [1.807, 2.05) is 5.32 Å². The van der Waals surface area contributed by atoms with Crippen LogP contribution >= 0.6 is 11.6 Å². The number of nitrogens with zero attached hydrogens (tertiary/aromatic N) is 1. The minimum absolute atomic E-state index is 0.113. The maximum atomic E-state index is 14.8. The van der Waals surface area contributed by atoms with Crippen LogP contribution in [-0.4, -0.2) is 24.7 Å². The van der Waals surface area contributed by atoms with Gasteiger partial charge in [0.15, 0.2) is 5.75 Å². The fourth-order valence-corrected chi connectivity index (χ4v) is 4.00. The maximum Gasteiger partial charge on any atom is 0.471 e. The van der Waals surface area contributed by atoms with Gasteiger partial charge in [-0.25, -0.2) is 4.39 Å². The molecule has 0 aliphatic carbocycles. The summed E-state index contributed by atoms with van der Waals surface area (Å²) >= 11 is 6.11. The van der Waals surface area contributed by atoms with Crippen molar-refractivity contribution in [2.24, 2.45) is 0 Å². The smallest absolute Gasteiger partial charge is 0.455 e. The first kappa shape index (κ1) is 18.9. The second kappa shape index (κ2) is 6.84. The summed E-state index contributed by atoms with van der Waals surface area (Å²) in [6, 6.07) is 7.30. The quantitative estimate of drug-likeness (QED) is 0.670. The van der Waals surface area contributed by atoms with E-state index in [0.717, 1.165) is 0 Å². The average Bonchev–Trinajstić information content (AvgIpc) is 2.77. The number of hydrogen-bond donors (Lipinski definition) is 1. The van der Waals surface area contributed by atoms with Crippen LogP contribution in [0.15, 0.2) is 36.4 Å². The Morgan fingerprint density at radius 1 is 1.21 bits per heavy atom. The summed E-state index contributed by atoms with van der Waals surface area (Å²) in [5.74, 6) is -2.04. The summed E-state index contributed by atoms with van der Waals surface area (Å²) in [5.41, 5.74) is 0.654. The van der Waals surface area contributed by atoms with E-state index in [9.17, 15) is 22.4 Å². The average molecular weight is 415 g/mol. The van der Waals surface area contributed by atoms with Crippen molar-refractivity contribution in [1.82, 2.24) is 5.32 Å². The van der Waals surface area contributed by atoms with Crippen molar-refractivity contribution >= 4 is 23.2 Å². The van der Waals surface area contributed by atoms with Gasteiger partial charge in [-0.15, -0.1) is 0 Å². The predicted octanol–water partition coefficient (Wildman–Crippen LogP) is 4.97. The second-order valence-corrected chi connectivity index (χ2v) is 7.16. The van der Waals surface area contributed by atoms with Crippen molar-refractivity contribution in [2.45, 2.75) is 31.1 Å². The van der Waals surface area contributed by atoms with Gasteiger partial charge in [-0.2, -0.15) is 13.2 Å². The minimum atomic E-state index is -5.03.